The van der Waals surface area contributed by atoms with Gasteiger partial charge in [0.2, 0.25) is 0 Å². The zero-order chi connectivity index (χ0) is 23.7. The quantitative estimate of drug-likeness (QED) is 0.665. The van der Waals surface area contributed by atoms with Crippen LogP contribution in [0.1, 0.15) is 59.1 Å². The number of fused-ring (bicyclic) bond motifs is 2. The minimum Gasteiger partial charge on any atom is -0.450 e. The molecule has 2 fully saturated rings. The summed E-state index contributed by atoms with van der Waals surface area (Å²) in [7, 11) is 0. The Morgan fingerprint density at radius 3 is 2.53 bits per heavy atom. The minimum absolute atomic E-state index is 0.0152. The summed E-state index contributed by atoms with van der Waals surface area (Å²) in [4.78, 5) is 32.5. The third-order valence-electron chi connectivity index (χ3n) is 7.84. The Morgan fingerprint density at radius 1 is 1.12 bits per heavy atom. The summed E-state index contributed by atoms with van der Waals surface area (Å²) in [6.07, 6.45) is 3.86. The molecule has 8 nitrogen and oxygen atoms in total. The summed E-state index contributed by atoms with van der Waals surface area (Å²) in [5.41, 5.74) is 3.37. The molecule has 3 aliphatic heterocycles. The fourth-order valence-corrected chi connectivity index (χ4v) is 6.60. The highest BCUT2D eigenvalue weighted by molar-refractivity contribution is 7.07. The van der Waals surface area contributed by atoms with E-state index in [-0.39, 0.29) is 17.4 Å². The maximum atomic E-state index is 13.4. The molecule has 3 aliphatic rings. The number of ether oxygens (including phenoxy) is 1. The van der Waals surface area contributed by atoms with Crippen LogP contribution in [0.5, 0.6) is 0 Å². The number of nitrogens with zero attached hydrogens (tertiary/aromatic N) is 5. The first-order valence-electron chi connectivity index (χ1n) is 12.3. The minimum atomic E-state index is -0.187. The Kier molecular flexibility index (Phi) is 6.57. The molecule has 2 aromatic rings. The van der Waals surface area contributed by atoms with Crippen molar-refractivity contribution >= 4 is 23.5 Å². The van der Waals surface area contributed by atoms with Crippen LogP contribution in [0.3, 0.4) is 0 Å². The van der Waals surface area contributed by atoms with E-state index >= 15 is 0 Å². The van der Waals surface area contributed by atoms with E-state index in [2.05, 4.69) is 38.8 Å². The van der Waals surface area contributed by atoms with Crippen molar-refractivity contribution in [2.24, 2.45) is 0 Å². The van der Waals surface area contributed by atoms with Gasteiger partial charge in [-0.3, -0.25) is 4.79 Å². The first kappa shape index (κ1) is 23.2. The molecular formula is C25H33N5O3S. The zero-order valence-electron chi connectivity index (χ0n) is 20.0. The third-order valence-corrected chi connectivity index (χ3v) is 8.65. The van der Waals surface area contributed by atoms with Crippen molar-refractivity contribution in [3.05, 3.63) is 46.0 Å². The fourth-order valence-electron chi connectivity index (χ4n) is 5.98. The van der Waals surface area contributed by atoms with Gasteiger partial charge in [-0.05, 0) is 75.3 Å². The topological polar surface area (TPSA) is 78.9 Å². The first-order chi connectivity index (χ1) is 16.5. The van der Waals surface area contributed by atoms with Gasteiger partial charge in [-0.25, -0.2) is 4.79 Å². The molecule has 1 aromatic heterocycles. The van der Waals surface area contributed by atoms with Crippen molar-refractivity contribution in [2.45, 2.75) is 57.5 Å². The van der Waals surface area contributed by atoms with Crippen molar-refractivity contribution in [3.8, 4) is 0 Å². The van der Waals surface area contributed by atoms with Gasteiger partial charge in [-0.15, -0.1) is 5.10 Å². The van der Waals surface area contributed by atoms with E-state index in [1.165, 1.54) is 22.7 Å². The molecule has 34 heavy (non-hydrogen) atoms. The standard InChI is InChI=1S/C25H33N5O3S/c1-3-33-24(32)29-12-8-20(9-13-29)28-14-10-25(11-15-28)17-30(16-19-6-4-5-7-21(19)25)23(31)22-18(2)26-27-34-22/h4-7,20H,3,8-17H2,1-2H3. The van der Waals surface area contributed by atoms with Crippen LogP contribution >= 0.6 is 11.5 Å². The van der Waals surface area contributed by atoms with Gasteiger partial charge in [0.1, 0.15) is 4.88 Å². The molecule has 0 saturated carbocycles. The van der Waals surface area contributed by atoms with Crippen LogP contribution in [0.25, 0.3) is 0 Å². The Morgan fingerprint density at radius 2 is 1.85 bits per heavy atom. The van der Waals surface area contributed by atoms with Crippen molar-refractivity contribution in [3.63, 3.8) is 0 Å². The summed E-state index contributed by atoms with van der Waals surface area (Å²) in [6.45, 7) is 9.07. The van der Waals surface area contributed by atoms with Crippen LogP contribution in [-0.4, -0.2) is 81.7 Å². The van der Waals surface area contributed by atoms with Gasteiger partial charge in [0.25, 0.3) is 5.91 Å². The Labute approximate surface area is 205 Å². The number of hydrogen-bond acceptors (Lipinski definition) is 7. The van der Waals surface area contributed by atoms with Crippen LogP contribution in [0.4, 0.5) is 4.79 Å². The summed E-state index contributed by atoms with van der Waals surface area (Å²) < 4.78 is 9.15. The van der Waals surface area contributed by atoms with Crippen molar-refractivity contribution in [1.82, 2.24) is 24.3 Å². The van der Waals surface area contributed by atoms with Gasteiger partial charge in [-0.1, -0.05) is 28.8 Å². The smallest absolute Gasteiger partial charge is 0.409 e. The molecule has 0 atom stereocenters. The monoisotopic (exact) mass is 483 g/mol. The van der Waals surface area contributed by atoms with Gasteiger partial charge < -0.3 is 19.4 Å². The molecule has 2 amide bonds. The lowest BCUT2D eigenvalue weighted by Crippen LogP contribution is -2.56. The average molecular weight is 484 g/mol. The zero-order valence-corrected chi connectivity index (χ0v) is 20.9. The molecule has 1 aromatic carbocycles. The fraction of sp³-hybridized carbons (Fsp3) is 0.600. The molecule has 0 aliphatic carbocycles. The number of benzene rings is 1. The number of piperidine rings is 2. The molecule has 4 heterocycles. The second-order valence-corrected chi connectivity index (χ2v) is 10.5. The first-order valence-corrected chi connectivity index (χ1v) is 13.1. The van der Waals surface area contributed by atoms with E-state index in [0.717, 1.165) is 58.4 Å². The number of hydrogen-bond donors (Lipinski definition) is 0. The summed E-state index contributed by atoms with van der Waals surface area (Å²) >= 11 is 1.19. The number of likely N-dealkylation sites (tertiary alicyclic amines) is 2. The summed E-state index contributed by atoms with van der Waals surface area (Å²) in [5, 5.41) is 4.05. The van der Waals surface area contributed by atoms with E-state index in [0.29, 0.717) is 29.8 Å². The average Bonchev–Trinajstić information content (AvgIpc) is 3.30. The van der Waals surface area contributed by atoms with Crippen LogP contribution in [0.15, 0.2) is 24.3 Å². The van der Waals surface area contributed by atoms with Crippen molar-refractivity contribution < 1.29 is 14.3 Å². The van der Waals surface area contributed by atoms with E-state index in [1.54, 1.807) is 0 Å². The number of carbonyl (C=O) groups excluding carboxylic acids is 2. The van der Waals surface area contributed by atoms with Gasteiger partial charge in [-0.2, -0.15) is 0 Å². The SMILES string of the molecule is CCOC(=O)N1CCC(N2CCC3(CC2)CN(C(=O)c2snnc2C)Cc2ccccc23)CC1. The molecule has 0 unspecified atom stereocenters. The summed E-state index contributed by atoms with van der Waals surface area (Å²) in [6, 6.07) is 9.15. The van der Waals surface area contributed by atoms with Crippen LogP contribution < -0.4 is 0 Å². The third kappa shape index (κ3) is 4.31. The van der Waals surface area contributed by atoms with Gasteiger partial charge in [0.05, 0.1) is 12.3 Å². The van der Waals surface area contributed by atoms with Crippen molar-refractivity contribution in [2.75, 3.05) is 39.3 Å². The largest absolute Gasteiger partial charge is 0.450 e. The van der Waals surface area contributed by atoms with E-state index < -0.39 is 0 Å². The highest BCUT2D eigenvalue weighted by Crippen LogP contribution is 2.43. The molecule has 9 heteroatoms. The molecule has 0 radical (unpaired) electrons. The number of carbonyl (C=O) groups is 2. The predicted molar refractivity (Wildman–Crippen MR) is 130 cm³/mol. The molecule has 0 bridgehead atoms. The lowest BCUT2D eigenvalue weighted by atomic mass is 9.68. The lowest BCUT2D eigenvalue weighted by Gasteiger charge is -2.50. The molecule has 182 valence electrons. The number of aryl methyl sites for hydroxylation is 1. The second kappa shape index (κ2) is 9.62. The van der Waals surface area contributed by atoms with Crippen molar-refractivity contribution in [1.29, 1.82) is 0 Å². The summed E-state index contributed by atoms with van der Waals surface area (Å²) in [5.74, 6) is 0.0511. The molecular weight excluding hydrogens is 450 g/mol. The highest BCUT2D eigenvalue weighted by atomic mass is 32.1. The van der Waals surface area contributed by atoms with Gasteiger partial charge >= 0.3 is 6.09 Å². The van der Waals surface area contributed by atoms with Crippen LogP contribution in [0.2, 0.25) is 0 Å². The maximum Gasteiger partial charge on any atom is 0.409 e. The normalized spacial score (nSPS) is 20.9. The maximum absolute atomic E-state index is 13.4. The Bertz CT molecular complexity index is 1040. The molecule has 1 spiro atoms. The lowest BCUT2D eigenvalue weighted by molar-refractivity contribution is 0.0386. The Hall–Kier alpha value is -2.52. The Balaban J connectivity index is 1.28. The van der Waals surface area contributed by atoms with E-state index in [1.807, 2.05) is 23.6 Å². The second-order valence-electron chi connectivity index (χ2n) is 9.74. The number of aromatic nitrogens is 2. The van der Waals surface area contributed by atoms with E-state index in [9.17, 15) is 9.59 Å². The number of rotatable bonds is 3. The number of amides is 2. The van der Waals surface area contributed by atoms with Crippen LogP contribution in [-0.2, 0) is 16.7 Å². The molecule has 0 N–H and O–H groups in total. The molecule has 5 rings (SSSR count). The predicted octanol–water partition coefficient (Wildman–Crippen LogP) is 3.46. The van der Waals surface area contributed by atoms with Crippen LogP contribution in [0, 0.1) is 6.92 Å². The molecule has 2 saturated heterocycles. The van der Waals surface area contributed by atoms with Gasteiger partial charge in [0.15, 0.2) is 0 Å². The van der Waals surface area contributed by atoms with E-state index in [4.69, 9.17) is 4.74 Å². The van der Waals surface area contributed by atoms with Gasteiger partial charge in [0, 0.05) is 37.6 Å². The highest BCUT2D eigenvalue weighted by Gasteiger charge is 2.44.